The Balaban J connectivity index is 2.34. The zero-order chi connectivity index (χ0) is 9.97. The average Bonchev–Trinajstić information content (AvgIpc) is 2.67. The Morgan fingerprint density at radius 2 is 2.00 bits per heavy atom. The van der Waals surface area contributed by atoms with Gasteiger partial charge in [-0.05, 0) is 36.4 Å². The summed E-state index contributed by atoms with van der Waals surface area (Å²) < 4.78 is 0. The molecule has 1 aromatic carbocycles. The third kappa shape index (κ3) is 1.75. The van der Waals surface area contributed by atoms with Crippen molar-refractivity contribution >= 4 is 11.6 Å². The summed E-state index contributed by atoms with van der Waals surface area (Å²) in [6, 6.07) is 7.37. The molecule has 0 bridgehead atoms. The Bertz CT molecular complexity index is 421. The second-order valence-electron chi connectivity index (χ2n) is 2.81. The standard InChI is InChI=1S/C9H9ClN4/c1-2-14-12-9(11-13-14)7-3-5-8(10)6-4-7/h3-6H,2H2,1H3. The highest BCUT2D eigenvalue weighted by Crippen LogP contribution is 2.16. The normalized spacial score (nSPS) is 10.4. The molecule has 2 rings (SSSR count). The lowest BCUT2D eigenvalue weighted by atomic mass is 10.2. The topological polar surface area (TPSA) is 43.6 Å². The molecule has 1 heterocycles. The number of benzene rings is 1. The van der Waals surface area contributed by atoms with Gasteiger partial charge >= 0.3 is 0 Å². The minimum absolute atomic E-state index is 0.628. The van der Waals surface area contributed by atoms with Crippen molar-refractivity contribution in [3.63, 3.8) is 0 Å². The van der Waals surface area contributed by atoms with Gasteiger partial charge in [0.2, 0.25) is 5.82 Å². The van der Waals surface area contributed by atoms with Crippen molar-refractivity contribution < 1.29 is 0 Å². The van der Waals surface area contributed by atoms with E-state index >= 15 is 0 Å². The van der Waals surface area contributed by atoms with Crippen molar-refractivity contribution in [3.8, 4) is 11.4 Å². The molecule has 0 saturated carbocycles. The summed E-state index contributed by atoms with van der Waals surface area (Å²) >= 11 is 5.77. The maximum absolute atomic E-state index is 5.77. The molecule has 0 amide bonds. The van der Waals surface area contributed by atoms with Crippen molar-refractivity contribution in [2.45, 2.75) is 13.5 Å². The Morgan fingerprint density at radius 3 is 2.57 bits per heavy atom. The smallest absolute Gasteiger partial charge is 0.164 e. The first-order valence-electron chi connectivity index (χ1n) is 4.33. The van der Waals surface area contributed by atoms with Crippen LogP contribution in [0.5, 0.6) is 0 Å². The van der Waals surface area contributed by atoms with E-state index in [0.29, 0.717) is 10.8 Å². The number of hydrogen-bond acceptors (Lipinski definition) is 3. The number of nitrogens with zero attached hydrogens (tertiary/aromatic N) is 4. The summed E-state index contributed by atoms with van der Waals surface area (Å²) in [6.45, 7) is 2.69. The molecule has 2 aromatic rings. The largest absolute Gasteiger partial charge is 0.204 e. The molecule has 1 aromatic heterocycles. The van der Waals surface area contributed by atoms with E-state index in [1.54, 1.807) is 4.80 Å². The summed E-state index contributed by atoms with van der Waals surface area (Å²) in [4.78, 5) is 1.55. The lowest BCUT2D eigenvalue weighted by Crippen LogP contribution is -1.98. The molecule has 0 unspecified atom stereocenters. The number of aryl methyl sites for hydroxylation is 1. The maximum Gasteiger partial charge on any atom is 0.204 e. The lowest BCUT2D eigenvalue weighted by molar-refractivity contribution is 0.553. The van der Waals surface area contributed by atoms with Crippen molar-refractivity contribution in [2.24, 2.45) is 0 Å². The maximum atomic E-state index is 5.77. The minimum atomic E-state index is 0.628. The predicted octanol–water partition coefficient (Wildman–Crippen LogP) is 2.01. The third-order valence-corrected chi connectivity index (χ3v) is 2.09. The zero-order valence-corrected chi connectivity index (χ0v) is 8.44. The fourth-order valence-corrected chi connectivity index (χ4v) is 1.22. The number of hydrogen-bond donors (Lipinski definition) is 0. The first-order valence-corrected chi connectivity index (χ1v) is 4.71. The monoisotopic (exact) mass is 208 g/mol. The molecule has 5 heteroatoms. The van der Waals surface area contributed by atoms with E-state index in [-0.39, 0.29) is 0 Å². The van der Waals surface area contributed by atoms with Gasteiger partial charge in [-0.2, -0.15) is 4.80 Å². The van der Waals surface area contributed by atoms with Gasteiger partial charge in [-0.25, -0.2) is 0 Å². The van der Waals surface area contributed by atoms with Gasteiger partial charge in [0, 0.05) is 10.6 Å². The highest BCUT2D eigenvalue weighted by Gasteiger charge is 2.03. The molecular formula is C9H9ClN4. The van der Waals surface area contributed by atoms with E-state index in [9.17, 15) is 0 Å². The zero-order valence-electron chi connectivity index (χ0n) is 7.68. The van der Waals surface area contributed by atoms with Crippen molar-refractivity contribution in [3.05, 3.63) is 29.3 Å². The molecule has 0 fully saturated rings. The van der Waals surface area contributed by atoms with Crippen LogP contribution >= 0.6 is 11.6 Å². The second kappa shape index (κ2) is 3.75. The third-order valence-electron chi connectivity index (χ3n) is 1.84. The van der Waals surface area contributed by atoms with Gasteiger partial charge in [0.1, 0.15) is 0 Å². The van der Waals surface area contributed by atoms with Crippen LogP contribution in [0.3, 0.4) is 0 Å². The number of aromatic nitrogens is 4. The van der Waals surface area contributed by atoms with Crippen LogP contribution in [-0.2, 0) is 6.54 Å². The molecule has 14 heavy (non-hydrogen) atoms. The van der Waals surface area contributed by atoms with Gasteiger partial charge in [0.05, 0.1) is 6.54 Å². The van der Waals surface area contributed by atoms with Crippen LogP contribution in [0.25, 0.3) is 11.4 Å². The van der Waals surface area contributed by atoms with Gasteiger partial charge in [-0.3, -0.25) is 0 Å². The van der Waals surface area contributed by atoms with E-state index in [4.69, 9.17) is 11.6 Å². The fourth-order valence-electron chi connectivity index (χ4n) is 1.09. The highest BCUT2D eigenvalue weighted by atomic mass is 35.5. The minimum Gasteiger partial charge on any atom is -0.164 e. The van der Waals surface area contributed by atoms with Crippen LogP contribution in [0.15, 0.2) is 24.3 Å². The SMILES string of the molecule is CCn1nnc(-c2ccc(Cl)cc2)n1. The summed E-state index contributed by atoms with van der Waals surface area (Å²) in [7, 11) is 0. The van der Waals surface area contributed by atoms with Crippen molar-refractivity contribution in [1.82, 2.24) is 20.2 Å². The Labute approximate surface area is 86.5 Å². The quantitative estimate of drug-likeness (QED) is 0.759. The first-order chi connectivity index (χ1) is 6.79. The molecule has 0 N–H and O–H groups in total. The van der Waals surface area contributed by atoms with E-state index < -0.39 is 0 Å². The molecular weight excluding hydrogens is 200 g/mol. The molecule has 0 aliphatic carbocycles. The first kappa shape index (κ1) is 9.15. The molecule has 0 aliphatic heterocycles. The molecule has 0 saturated heterocycles. The molecule has 0 spiro atoms. The summed E-state index contributed by atoms with van der Waals surface area (Å²) in [5.41, 5.74) is 0.925. The molecule has 0 aliphatic rings. The van der Waals surface area contributed by atoms with E-state index in [2.05, 4.69) is 15.4 Å². The number of halogens is 1. The van der Waals surface area contributed by atoms with Crippen LogP contribution in [-0.4, -0.2) is 20.2 Å². The van der Waals surface area contributed by atoms with Gasteiger partial charge in [0.25, 0.3) is 0 Å². The molecule has 72 valence electrons. The average molecular weight is 209 g/mol. The van der Waals surface area contributed by atoms with Crippen molar-refractivity contribution in [2.75, 3.05) is 0 Å². The van der Waals surface area contributed by atoms with Gasteiger partial charge in [-0.1, -0.05) is 11.6 Å². The number of rotatable bonds is 2. The van der Waals surface area contributed by atoms with Crippen LogP contribution in [0, 0.1) is 0 Å². The van der Waals surface area contributed by atoms with E-state index in [0.717, 1.165) is 12.1 Å². The Kier molecular flexibility index (Phi) is 2.45. The summed E-state index contributed by atoms with van der Waals surface area (Å²) in [6.07, 6.45) is 0. The molecule has 4 nitrogen and oxygen atoms in total. The van der Waals surface area contributed by atoms with E-state index in [1.807, 2.05) is 31.2 Å². The van der Waals surface area contributed by atoms with Crippen LogP contribution in [0.1, 0.15) is 6.92 Å². The van der Waals surface area contributed by atoms with Gasteiger partial charge < -0.3 is 0 Å². The summed E-state index contributed by atoms with van der Waals surface area (Å²) in [5, 5.41) is 12.7. The fraction of sp³-hybridized carbons (Fsp3) is 0.222. The Hall–Kier alpha value is -1.42. The van der Waals surface area contributed by atoms with Gasteiger partial charge in [-0.15, -0.1) is 10.2 Å². The van der Waals surface area contributed by atoms with Crippen LogP contribution in [0.4, 0.5) is 0 Å². The van der Waals surface area contributed by atoms with Gasteiger partial charge in [0.15, 0.2) is 0 Å². The molecule has 0 atom stereocenters. The summed E-state index contributed by atoms with van der Waals surface area (Å²) in [5.74, 6) is 0.628. The second-order valence-corrected chi connectivity index (χ2v) is 3.24. The van der Waals surface area contributed by atoms with E-state index in [1.165, 1.54) is 0 Å². The predicted molar refractivity (Wildman–Crippen MR) is 53.9 cm³/mol. The van der Waals surface area contributed by atoms with Crippen LogP contribution in [0.2, 0.25) is 5.02 Å². The Morgan fingerprint density at radius 1 is 1.29 bits per heavy atom. The lowest BCUT2D eigenvalue weighted by Gasteiger charge is -1.93. The highest BCUT2D eigenvalue weighted by molar-refractivity contribution is 6.30. The van der Waals surface area contributed by atoms with Crippen molar-refractivity contribution in [1.29, 1.82) is 0 Å². The molecule has 0 radical (unpaired) electrons. The van der Waals surface area contributed by atoms with Crippen LogP contribution < -0.4 is 0 Å². The number of tetrazole rings is 1.